The third-order valence-electron chi connectivity index (χ3n) is 6.34. The number of aryl methyl sites for hydroxylation is 1. The Balaban J connectivity index is 1.49. The summed E-state index contributed by atoms with van der Waals surface area (Å²) < 4.78 is 2.16. The molecule has 2 bridgehead atoms. The summed E-state index contributed by atoms with van der Waals surface area (Å²) in [5, 5.41) is 3.84. The van der Waals surface area contributed by atoms with Gasteiger partial charge in [-0.3, -0.25) is 0 Å². The monoisotopic (exact) mass is 261 g/mol. The number of hydrogen-bond donors (Lipinski definition) is 1. The Hall–Kier alpha value is -0.830. The molecule has 2 saturated carbocycles. The van der Waals surface area contributed by atoms with Crippen LogP contribution in [0.5, 0.6) is 0 Å². The molecule has 0 saturated heterocycles. The average molecular weight is 261 g/mol. The van der Waals surface area contributed by atoms with Crippen LogP contribution in [0.15, 0.2) is 18.7 Å². The van der Waals surface area contributed by atoms with E-state index in [1.54, 1.807) is 0 Å². The van der Waals surface area contributed by atoms with E-state index in [0.717, 1.165) is 25.0 Å². The summed E-state index contributed by atoms with van der Waals surface area (Å²) in [6.07, 6.45) is 11.2. The van der Waals surface area contributed by atoms with Gasteiger partial charge < -0.3 is 9.88 Å². The second-order valence-corrected chi connectivity index (χ2v) is 7.27. The molecule has 3 atom stereocenters. The second kappa shape index (κ2) is 4.62. The van der Waals surface area contributed by atoms with Gasteiger partial charge in [0.05, 0.1) is 6.33 Å². The summed E-state index contributed by atoms with van der Waals surface area (Å²) >= 11 is 0. The minimum absolute atomic E-state index is 0.507. The molecule has 3 nitrogen and oxygen atoms in total. The Kier molecular flexibility index (Phi) is 3.20. The van der Waals surface area contributed by atoms with Crippen molar-refractivity contribution in [2.45, 2.75) is 59.0 Å². The fourth-order valence-electron chi connectivity index (χ4n) is 4.47. The van der Waals surface area contributed by atoms with Gasteiger partial charge in [0.2, 0.25) is 0 Å². The molecule has 1 aromatic rings. The Morgan fingerprint density at radius 1 is 1.37 bits per heavy atom. The minimum atomic E-state index is 0.507. The van der Waals surface area contributed by atoms with Crippen LogP contribution < -0.4 is 5.32 Å². The van der Waals surface area contributed by atoms with Gasteiger partial charge in [0, 0.05) is 25.0 Å². The van der Waals surface area contributed by atoms with Crippen LogP contribution in [0.25, 0.3) is 0 Å². The Bertz CT molecular complexity index is 423. The maximum Gasteiger partial charge on any atom is 0.0945 e. The highest BCUT2D eigenvalue weighted by Gasteiger charge is 2.60. The predicted octanol–water partition coefficient (Wildman–Crippen LogP) is 3.08. The van der Waals surface area contributed by atoms with Gasteiger partial charge in [-0.15, -0.1) is 0 Å². The highest BCUT2D eigenvalue weighted by Crippen LogP contribution is 2.65. The molecule has 0 aromatic carbocycles. The third kappa shape index (κ3) is 2.03. The van der Waals surface area contributed by atoms with Crippen molar-refractivity contribution in [1.82, 2.24) is 14.9 Å². The summed E-state index contributed by atoms with van der Waals surface area (Å²) in [5.41, 5.74) is 1.03. The van der Waals surface area contributed by atoms with Crippen molar-refractivity contribution < 1.29 is 0 Å². The zero-order valence-corrected chi connectivity index (χ0v) is 12.5. The first-order valence-corrected chi connectivity index (χ1v) is 7.73. The molecule has 3 heteroatoms. The van der Waals surface area contributed by atoms with Gasteiger partial charge in [-0.25, -0.2) is 4.98 Å². The third-order valence-corrected chi connectivity index (χ3v) is 6.34. The molecular formula is C16H27N3. The van der Waals surface area contributed by atoms with E-state index in [2.05, 4.69) is 35.6 Å². The van der Waals surface area contributed by atoms with Crippen molar-refractivity contribution >= 4 is 0 Å². The molecule has 1 aromatic heterocycles. The zero-order chi connectivity index (χ0) is 13.5. The molecular weight excluding hydrogens is 234 g/mol. The summed E-state index contributed by atoms with van der Waals surface area (Å²) in [5.74, 6) is 0.934. The van der Waals surface area contributed by atoms with Crippen LogP contribution in [0.2, 0.25) is 0 Å². The quantitative estimate of drug-likeness (QED) is 0.826. The lowest BCUT2D eigenvalue weighted by Gasteiger charge is -2.39. The highest BCUT2D eigenvalue weighted by molar-refractivity contribution is 5.12. The molecule has 2 aliphatic rings. The molecule has 0 aliphatic heterocycles. The van der Waals surface area contributed by atoms with E-state index in [1.807, 2.05) is 18.7 Å². The fraction of sp³-hybridized carbons (Fsp3) is 0.812. The molecule has 3 unspecified atom stereocenters. The van der Waals surface area contributed by atoms with Crippen molar-refractivity contribution in [2.24, 2.45) is 16.7 Å². The van der Waals surface area contributed by atoms with Crippen LogP contribution in [0.4, 0.5) is 0 Å². The van der Waals surface area contributed by atoms with Crippen molar-refractivity contribution in [3.8, 4) is 0 Å². The highest BCUT2D eigenvalue weighted by atomic mass is 15.0. The smallest absolute Gasteiger partial charge is 0.0945 e. The maximum absolute atomic E-state index is 4.08. The van der Waals surface area contributed by atoms with E-state index in [0.29, 0.717) is 10.8 Å². The fourth-order valence-corrected chi connectivity index (χ4v) is 4.47. The zero-order valence-electron chi connectivity index (χ0n) is 12.5. The standard InChI is InChI=1S/C16H27N3/c1-15(2)13-5-6-16(15,3)14(11-13)18-7-4-9-19-10-8-17-12-19/h8,10,12-14,18H,4-7,9,11H2,1-3H3. The number of imidazole rings is 1. The van der Waals surface area contributed by atoms with Crippen LogP contribution in [-0.2, 0) is 6.54 Å². The lowest BCUT2D eigenvalue weighted by molar-refractivity contribution is 0.121. The molecule has 2 fully saturated rings. The molecule has 0 spiro atoms. The van der Waals surface area contributed by atoms with Crippen molar-refractivity contribution in [1.29, 1.82) is 0 Å². The van der Waals surface area contributed by atoms with Crippen LogP contribution in [0.1, 0.15) is 46.5 Å². The van der Waals surface area contributed by atoms with Crippen LogP contribution in [-0.4, -0.2) is 22.1 Å². The summed E-state index contributed by atoms with van der Waals surface area (Å²) in [7, 11) is 0. The van der Waals surface area contributed by atoms with Gasteiger partial charge >= 0.3 is 0 Å². The molecule has 0 amide bonds. The Morgan fingerprint density at radius 3 is 2.79 bits per heavy atom. The molecule has 19 heavy (non-hydrogen) atoms. The molecule has 0 radical (unpaired) electrons. The van der Waals surface area contributed by atoms with E-state index in [-0.39, 0.29) is 0 Å². The molecule has 3 rings (SSSR count). The van der Waals surface area contributed by atoms with Crippen LogP contribution in [0.3, 0.4) is 0 Å². The largest absolute Gasteiger partial charge is 0.337 e. The first kappa shape index (κ1) is 13.2. The van der Waals surface area contributed by atoms with Gasteiger partial charge in [-0.1, -0.05) is 20.8 Å². The van der Waals surface area contributed by atoms with Gasteiger partial charge in [0.15, 0.2) is 0 Å². The first-order valence-electron chi connectivity index (χ1n) is 7.73. The minimum Gasteiger partial charge on any atom is -0.337 e. The Morgan fingerprint density at radius 2 is 2.21 bits per heavy atom. The number of nitrogens with zero attached hydrogens (tertiary/aromatic N) is 2. The lowest BCUT2D eigenvalue weighted by Crippen LogP contribution is -2.44. The van der Waals surface area contributed by atoms with Crippen molar-refractivity contribution in [3.63, 3.8) is 0 Å². The van der Waals surface area contributed by atoms with Gasteiger partial charge in [0.1, 0.15) is 0 Å². The predicted molar refractivity (Wildman–Crippen MR) is 77.9 cm³/mol. The van der Waals surface area contributed by atoms with Gasteiger partial charge in [-0.2, -0.15) is 0 Å². The van der Waals surface area contributed by atoms with Crippen LogP contribution in [0, 0.1) is 16.7 Å². The number of nitrogens with one attached hydrogen (secondary N) is 1. The number of aromatic nitrogens is 2. The van der Waals surface area contributed by atoms with E-state index in [1.165, 1.54) is 25.7 Å². The van der Waals surface area contributed by atoms with E-state index in [4.69, 9.17) is 0 Å². The van der Waals surface area contributed by atoms with E-state index < -0.39 is 0 Å². The molecule has 1 heterocycles. The molecule has 106 valence electrons. The van der Waals surface area contributed by atoms with E-state index in [9.17, 15) is 0 Å². The average Bonchev–Trinajstić information content (AvgIpc) is 3.00. The first-order chi connectivity index (χ1) is 9.04. The normalized spacial score (nSPS) is 35.9. The molecule has 1 N–H and O–H groups in total. The second-order valence-electron chi connectivity index (χ2n) is 7.27. The maximum atomic E-state index is 4.08. The summed E-state index contributed by atoms with van der Waals surface area (Å²) in [4.78, 5) is 4.08. The van der Waals surface area contributed by atoms with Crippen molar-refractivity contribution in [3.05, 3.63) is 18.7 Å². The summed E-state index contributed by atoms with van der Waals surface area (Å²) in [6, 6.07) is 0.726. The SMILES string of the molecule is CC1(C)C2CCC1(C)C(NCCCn1ccnc1)C2. The van der Waals surface area contributed by atoms with Crippen molar-refractivity contribution in [2.75, 3.05) is 6.54 Å². The number of rotatable bonds is 5. The van der Waals surface area contributed by atoms with Crippen LogP contribution >= 0.6 is 0 Å². The lowest BCUT2D eigenvalue weighted by atomic mass is 9.69. The summed E-state index contributed by atoms with van der Waals surface area (Å²) in [6.45, 7) is 9.67. The number of fused-ring (bicyclic) bond motifs is 2. The topological polar surface area (TPSA) is 29.9 Å². The van der Waals surface area contributed by atoms with Gasteiger partial charge in [0.25, 0.3) is 0 Å². The molecule has 2 aliphatic carbocycles. The number of hydrogen-bond acceptors (Lipinski definition) is 2. The van der Waals surface area contributed by atoms with Gasteiger partial charge in [-0.05, 0) is 49.0 Å². The van der Waals surface area contributed by atoms with E-state index >= 15 is 0 Å². The Labute approximate surface area is 116 Å².